The average molecular weight is 627 g/mol. The van der Waals surface area contributed by atoms with Crippen LogP contribution >= 0.6 is 0 Å². The van der Waals surface area contributed by atoms with Gasteiger partial charge in [-0.1, -0.05) is 39.3 Å². The maximum atomic E-state index is 14.4. The molecule has 0 unspecified atom stereocenters. The molecule has 5 rings (SSSR count). The van der Waals surface area contributed by atoms with Crippen LogP contribution in [0.3, 0.4) is 0 Å². The number of ether oxygens (including phenoxy) is 1. The number of hydrogen-bond donors (Lipinski definition) is 6. The lowest BCUT2D eigenvalue weighted by Crippen LogP contribution is -2.71. The van der Waals surface area contributed by atoms with Crippen molar-refractivity contribution < 1.29 is 49.4 Å². The van der Waals surface area contributed by atoms with E-state index in [1.807, 2.05) is 0 Å². The summed E-state index contributed by atoms with van der Waals surface area (Å²) in [7, 11) is 2.88. The Balaban J connectivity index is 1.73. The summed E-state index contributed by atoms with van der Waals surface area (Å²) in [6.07, 6.45) is 0.526. The van der Waals surface area contributed by atoms with E-state index in [-0.39, 0.29) is 22.3 Å². The number of aryl methyl sites for hydroxylation is 1. The number of amides is 1. The highest BCUT2D eigenvalue weighted by molar-refractivity contribution is 6.24. The predicted molar refractivity (Wildman–Crippen MR) is 160 cm³/mol. The highest BCUT2D eigenvalue weighted by atomic mass is 16.5. The Morgan fingerprint density at radius 2 is 1.76 bits per heavy atom. The molecule has 12 heteroatoms. The fraction of sp³-hybridized carbons (Fsp3) is 0.576. The average Bonchev–Trinajstić information content (AvgIpc) is 2.89. The molecule has 244 valence electrons. The lowest BCUT2D eigenvalue weighted by atomic mass is 9.55. The number of carbonyl (C=O) groups excluding carboxylic acids is 4. The first-order valence-corrected chi connectivity index (χ1v) is 15.3. The number of likely N-dealkylation sites (N-methyl/N-ethyl adjacent to an activating group) is 1. The van der Waals surface area contributed by atoms with Gasteiger partial charge in [0.15, 0.2) is 11.4 Å². The minimum atomic E-state index is -3.06. The summed E-state index contributed by atoms with van der Waals surface area (Å²) in [6.45, 7) is 6.25. The van der Waals surface area contributed by atoms with Crippen LogP contribution in [0.1, 0.15) is 75.7 Å². The summed E-state index contributed by atoms with van der Waals surface area (Å²) in [5.41, 5.74) is 1.09. The van der Waals surface area contributed by atoms with Gasteiger partial charge in [0.05, 0.1) is 41.0 Å². The highest BCUT2D eigenvalue weighted by Gasteiger charge is 2.70. The van der Waals surface area contributed by atoms with Gasteiger partial charge >= 0.3 is 5.97 Å². The van der Waals surface area contributed by atoms with E-state index < -0.39 is 87.7 Å². The lowest BCUT2D eigenvalue weighted by molar-refractivity contribution is -0.193. The van der Waals surface area contributed by atoms with E-state index in [1.54, 1.807) is 6.07 Å². The van der Waals surface area contributed by atoms with Gasteiger partial charge in [0, 0.05) is 0 Å². The number of benzene rings is 1. The third-order valence-electron chi connectivity index (χ3n) is 9.88. The van der Waals surface area contributed by atoms with E-state index in [9.17, 15) is 44.7 Å². The van der Waals surface area contributed by atoms with Crippen LogP contribution in [0, 0.1) is 23.2 Å². The molecule has 0 bridgehead atoms. The lowest BCUT2D eigenvalue weighted by Gasteiger charge is -2.54. The summed E-state index contributed by atoms with van der Waals surface area (Å²) in [6, 6.07) is 1.63. The van der Waals surface area contributed by atoms with Crippen molar-refractivity contribution in [2.75, 3.05) is 14.1 Å². The van der Waals surface area contributed by atoms with E-state index in [2.05, 4.69) is 20.8 Å². The Morgan fingerprint density at radius 1 is 1.11 bits per heavy atom. The molecule has 0 radical (unpaired) electrons. The molecule has 2 saturated carbocycles. The Hall–Kier alpha value is -3.74. The summed E-state index contributed by atoms with van der Waals surface area (Å²) in [4.78, 5) is 55.0. The molecule has 12 nitrogen and oxygen atoms in total. The maximum Gasteiger partial charge on any atom is 0.309 e. The third-order valence-corrected chi connectivity index (χ3v) is 9.88. The molecule has 2 fully saturated rings. The molecule has 0 heterocycles. The monoisotopic (exact) mass is 626 g/mol. The largest absolute Gasteiger partial charge is 0.508 e. The number of Topliss-reactive ketones (excluding diaryl/α,β-unsaturated/α-hetero) is 2. The number of aromatic hydroxyl groups is 1. The number of rotatable bonds is 7. The standard InChI is InChI=1S/C33H42N2O10/c1-32(2,3)13-7-10-14-11-12-16-17(23(14)36)25(38)19-18(24(16)37)27(45-31(43)15-8-6-9-15)21-22(35(4)5)26(39)20(30(34)42)29(41)33(21,44)28(19)40/h11-12,15,18,21-22,24,27,36-38,41,44H,6-10,13H2,1-5H3,(H2,34,42)/t18-,21+,22-,24-,27-,33-/m0/s1. The minimum Gasteiger partial charge on any atom is -0.508 e. The number of esters is 1. The highest BCUT2D eigenvalue weighted by Crippen LogP contribution is 2.57. The van der Waals surface area contributed by atoms with Gasteiger partial charge in [-0.2, -0.15) is 0 Å². The molecule has 0 spiro atoms. The molecule has 7 N–H and O–H groups in total. The number of carbonyl (C=O) groups is 4. The van der Waals surface area contributed by atoms with Crippen LogP contribution in [0.25, 0.3) is 5.76 Å². The second kappa shape index (κ2) is 11.3. The van der Waals surface area contributed by atoms with Crippen molar-refractivity contribution in [3.8, 4) is 5.75 Å². The van der Waals surface area contributed by atoms with Crippen LogP contribution in [-0.2, 0) is 30.3 Å². The van der Waals surface area contributed by atoms with Crippen molar-refractivity contribution in [3.63, 3.8) is 0 Å². The van der Waals surface area contributed by atoms with Gasteiger partial charge in [0.2, 0.25) is 5.78 Å². The van der Waals surface area contributed by atoms with Crippen molar-refractivity contribution in [2.45, 2.75) is 83.1 Å². The Morgan fingerprint density at radius 3 is 2.29 bits per heavy atom. The van der Waals surface area contributed by atoms with E-state index in [4.69, 9.17) is 10.5 Å². The minimum absolute atomic E-state index is 0.0366. The van der Waals surface area contributed by atoms with Gasteiger partial charge in [-0.05, 0) is 62.7 Å². The molecule has 4 aliphatic carbocycles. The number of aliphatic hydroxyl groups is 4. The number of phenols is 1. The van der Waals surface area contributed by atoms with E-state index >= 15 is 0 Å². The first kappa shape index (κ1) is 32.6. The number of aliphatic hydroxyl groups excluding tert-OH is 3. The molecule has 1 aromatic rings. The second-order valence-electron chi connectivity index (χ2n) is 14.2. The molecule has 1 aromatic carbocycles. The van der Waals surface area contributed by atoms with Crippen molar-refractivity contribution in [2.24, 2.45) is 28.9 Å². The van der Waals surface area contributed by atoms with Crippen LogP contribution < -0.4 is 5.73 Å². The maximum absolute atomic E-state index is 14.4. The van der Waals surface area contributed by atoms with Gasteiger partial charge in [-0.3, -0.25) is 24.1 Å². The van der Waals surface area contributed by atoms with Gasteiger partial charge in [-0.25, -0.2) is 0 Å². The molecule has 45 heavy (non-hydrogen) atoms. The van der Waals surface area contributed by atoms with Crippen molar-refractivity contribution in [3.05, 3.63) is 45.7 Å². The zero-order valence-corrected chi connectivity index (χ0v) is 26.2. The number of nitrogens with zero attached hydrogens (tertiary/aromatic N) is 1. The number of fused-ring (bicyclic) bond motifs is 3. The normalized spacial score (nSPS) is 30.1. The van der Waals surface area contributed by atoms with Gasteiger partial charge in [-0.15, -0.1) is 0 Å². The molecule has 0 aliphatic heterocycles. The fourth-order valence-electron chi connectivity index (χ4n) is 7.33. The summed E-state index contributed by atoms with van der Waals surface area (Å²) < 4.78 is 5.95. The second-order valence-corrected chi connectivity index (χ2v) is 14.2. The number of hydrogen-bond acceptors (Lipinski definition) is 11. The molecule has 1 amide bonds. The summed E-state index contributed by atoms with van der Waals surface area (Å²) >= 11 is 0. The zero-order chi connectivity index (χ0) is 33.3. The SMILES string of the molecule is CN(C)[C@@H]1C(=O)C(C(N)=O)=C(O)[C@@]2(O)C(=O)C3=C(O)c4c(ccc(CCCC(C)(C)C)c4O)[C@H](O)[C@H]3[C@H](OC(=O)C3CCC3)[C@@H]12. The number of ketones is 2. The number of phenolic OH excluding ortho intramolecular Hbond substituents is 1. The van der Waals surface area contributed by atoms with Crippen molar-refractivity contribution >= 4 is 29.2 Å². The Labute approximate surface area is 261 Å². The van der Waals surface area contributed by atoms with E-state index in [1.165, 1.54) is 25.1 Å². The van der Waals surface area contributed by atoms with Crippen molar-refractivity contribution in [1.29, 1.82) is 0 Å². The molecule has 4 aliphatic rings. The molecular formula is C33H42N2O10. The predicted octanol–water partition coefficient (Wildman–Crippen LogP) is 2.15. The first-order chi connectivity index (χ1) is 20.9. The van der Waals surface area contributed by atoms with Crippen LogP contribution in [-0.4, -0.2) is 85.7 Å². The molecular weight excluding hydrogens is 584 g/mol. The quantitative estimate of drug-likeness (QED) is 0.191. The van der Waals surface area contributed by atoms with Crippen LogP contribution in [0.2, 0.25) is 0 Å². The van der Waals surface area contributed by atoms with Crippen molar-refractivity contribution in [1.82, 2.24) is 4.90 Å². The van der Waals surface area contributed by atoms with Crippen LogP contribution in [0.15, 0.2) is 29.0 Å². The van der Waals surface area contributed by atoms with Gasteiger partial charge < -0.3 is 36.0 Å². The first-order valence-electron chi connectivity index (χ1n) is 15.3. The molecule has 0 saturated heterocycles. The number of primary amides is 1. The van der Waals surface area contributed by atoms with Gasteiger partial charge in [0.25, 0.3) is 5.91 Å². The smallest absolute Gasteiger partial charge is 0.309 e. The molecule has 6 atom stereocenters. The van der Waals surface area contributed by atoms with Gasteiger partial charge in [0.1, 0.15) is 28.9 Å². The summed E-state index contributed by atoms with van der Waals surface area (Å²) in [5, 5.41) is 58.3. The van der Waals surface area contributed by atoms with Crippen LogP contribution in [0.4, 0.5) is 0 Å². The fourth-order valence-corrected chi connectivity index (χ4v) is 7.33. The van der Waals surface area contributed by atoms with E-state index in [0.29, 0.717) is 31.2 Å². The Kier molecular flexibility index (Phi) is 8.16. The molecule has 0 aromatic heterocycles. The Bertz CT molecular complexity index is 1530. The third kappa shape index (κ3) is 5.03. The summed E-state index contributed by atoms with van der Waals surface area (Å²) in [5.74, 6) is -10.6. The number of nitrogens with two attached hydrogens (primary N) is 1. The van der Waals surface area contributed by atoms with Crippen LogP contribution in [0.5, 0.6) is 5.75 Å². The topological polar surface area (TPSA) is 208 Å². The van der Waals surface area contributed by atoms with E-state index in [0.717, 1.165) is 12.8 Å². The zero-order valence-electron chi connectivity index (χ0n) is 26.2.